The smallest absolute Gasteiger partial charge is 0.217 e. The Hall–Kier alpha value is -5.02. The summed E-state index contributed by atoms with van der Waals surface area (Å²) in [6, 6.07) is 49.0. The maximum Gasteiger partial charge on any atom is 0.217 e. The maximum atomic E-state index is 11.7. The van der Waals surface area contributed by atoms with Crippen LogP contribution in [0.4, 0.5) is 0 Å². The van der Waals surface area contributed by atoms with Crippen LogP contribution >= 0.6 is 7.92 Å². The Bertz CT molecular complexity index is 1570. The molecule has 1 N–H and O–H groups in total. The molecule has 0 heterocycles. The van der Waals surface area contributed by atoms with Gasteiger partial charge in [-0.1, -0.05) is 151 Å². The van der Waals surface area contributed by atoms with Gasteiger partial charge in [0.2, 0.25) is 5.91 Å². The molecule has 0 radical (unpaired) electrons. The molecule has 5 aromatic rings. The fourth-order valence-corrected chi connectivity index (χ4v) is 6.72. The number of ketones is 1. The van der Waals surface area contributed by atoms with Crippen LogP contribution in [-0.2, 0) is 29.1 Å². The van der Waals surface area contributed by atoms with E-state index in [-0.39, 0.29) is 11.7 Å². The molecule has 5 rings (SSSR count). The largest absolute Gasteiger partial charge is 0.352 e. The van der Waals surface area contributed by atoms with Crippen LogP contribution in [0.25, 0.3) is 10.4 Å². The van der Waals surface area contributed by atoms with Gasteiger partial charge in [-0.15, -0.1) is 0 Å². The maximum absolute atomic E-state index is 11.7. The van der Waals surface area contributed by atoms with E-state index in [1.54, 1.807) is 6.92 Å². The molecule has 0 aliphatic rings. The SMILES string of the molecule is CC(=O)Cc1ccccc1P(c1ccccc1)c1ccccc1.CC(=O)NCc1ccccc1.[N-]=[N+]=NCc1ccccc1. The molecule has 0 saturated carbocycles. The van der Waals surface area contributed by atoms with Gasteiger partial charge in [0.05, 0.1) is 6.54 Å². The van der Waals surface area contributed by atoms with Gasteiger partial charge in [0, 0.05) is 24.8 Å². The van der Waals surface area contributed by atoms with Gasteiger partial charge in [0.15, 0.2) is 0 Å². The van der Waals surface area contributed by atoms with Gasteiger partial charge in [0.1, 0.15) is 5.78 Å². The summed E-state index contributed by atoms with van der Waals surface area (Å²) in [5.74, 6) is 0.211. The Labute approximate surface area is 261 Å². The number of Topliss-reactive ketones (excluding diaryl/α,β-unsaturated/α-hetero) is 1. The van der Waals surface area contributed by atoms with E-state index in [4.69, 9.17) is 5.53 Å². The normalized spacial score (nSPS) is 9.80. The molecular formula is C37H37N4O2P. The molecule has 44 heavy (non-hydrogen) atoms. The standard InChI is InChI=1S/C21H19OP.C9H11NO.C7H7N3/c1-17(22)16-18-10-8-9-15-21(18)23(19-11-4-2-5-12-19)20-13-6-3-7-14-20;1-8(11)10-7-9-5-3-2-4-6-9;8-10-9-6-7-4-2-1-3-5-7/h2-15H,16H2,1H3;2-6H,7H2,1H3,(H,10,11);1-5H,6H2. The van der Waals surface area contributed by atoms with Crippen LogP contribution in [0.3, 0.4) is 0 Å². The number of nitrogens with one attached hydrogen (secondary N) is 1. The lowest BCUT2D eigenvalue weighted by Crippen LogP contribution is -2.24. The van der Waals surface area contributed by atoms with Gasteiger partial charge >= 0.3 is 0 Å². The number of hydrogen-bond donors (Lipinski definition) is 1. The van der Waals surface area contributed by atoms with E-state index in [0.717, 1.165) is 16.7 Å². The quantitative estimate of drug-likeness (QED) is 0.0826. The van der Waals surface area contributed by atoms with Crippen LogP contribution in [0.5, 0.6) is 0 Å². The number of amides is 1. The summed E-state index contributed by atoms with van der Waals surface area (Å²) in [6.07, 6.45) is 0.495. The lowest BCUT2D eigenvalue weighted by molar-refractivity contribution is -0.119. The van der Waals surface area contributed by atoms with Gasteiger partial charge in [-0.05, 0) is 53.0 Å². The number of azide groups is 1. The van der Waals surface area contributed by atoms with Crippen molar-refractivity contribution in [3.05, 3.63) is 173 Å². The van der Waals surface area contributed by atoms with Crippen LogP contribution in [-0.4, -0.2) is 11.7 Å². The van der Waals surface area contributed by atoms with E-state index >= 15 is 0 Å². The first-order valence-electron chi connectivity index (χ1n) is 14.3. The first kappa shape index (κ1) is 33.5. The van der Waals surface area contributed by atoms with E-state index in [1.165, 1.54) is 22.8 Å². The van der Waals surface area contributed by atoms with Crippen LogP contribution in [0.2, 0.25) is 0 Å². The second-order valence-electron chi connectivity index (χ2n) is 9.78. The molecule has 0 fully saturated rings. The van der Waals surface area contributed by atoms with Crippen molar-refractivity contribution in [1.29, 1.82) is 0 Å². The van der Waals surface area contributed by atoms with Crippen molar-refractivity contribution in [2.24, 2.45) is 5.11 Å². The average Bonchev–Trinajstić information content (AvgIpc) is 3.06. The summed E-state index contributed by atoms with van der Waals surface area (Å²) < 4.78 is 0. The Kier molecular flexibility index (Phi) is 14.6. The third-order valence-corrected chi connectivity index (χ3v) is 8.79. The second kappa shape index (κ2) is 19.2. The second-order valence-corrected chi connectivity index (χ2v) is 12.0. The number of rotatable bonds is 9. The molecule has 0 aliphatic carbocycles. The minimum Gasteiger partial charge on any atom is -0.352 e. The molecule has 222 valence electrons. The van der Waals surface area contributed by atoms with Gasteiger partial charge in [-0.2, -0.15) is 0 Å². The molecule has 0 unspecified atom stereocenters. The highest BCUT2D eigenvalue weighted by Gasteiger charge is 2.19. The van der Waals surface area contributed by atoms with Crippen molar-refractivity contribution in [3.8, 4) is 0 Å². The molecule has 5 aromatic carbocycles. The zero-order valence-electron chi connectivity index (χ0n) is 25.1. The van der Waals surface area contributed by atoms with Crippen LogP contribution in [0.15, 0.2) is 151 Å². The molecule has 7 heteroatoms. The van der Waals surface area contributed by atoms with Crippen molar-refractivity contribution in [3.63, 3.8) is 0 Å². The van der Waals surface area contributed by atoms with Crippen molar-refractivity contribution in [2.45, 2.75) is 33.4 Å². The minimum absolute atomic E-state index is 0.00820. The van der Waals surface area contributed by atoms with E-state index < -0.39 is 7.92 Å². The van der Waals surface area contributed by atoms with Gasteiger partial charge in [-0.3, -0.25) is 9.59 Å². The van der Waals surface area contributed by atoms with Crippen molar-refractivity contribution >= 4 is 35.5 Å². The first-order chi connectivity index (χ1) is 21.5. The highest BCUT2D eigenvalue weighted by molar-refractivity contribution is 7.79. The van der Waals surface area contributed by atoms with Crippen molar-refractivity contribution in [1.82, 2.24) is 5.32 Å². The van der Waals surface area contributed by atoms with Crippen molar-refractivity contribution in [2.75, 3.05) is 0 Å². The van der Waals surface area contributed by atoms with E-state index in [9.17, 15) is 9.59 Å². The van der Waals surface area contributed by atoms with E-state index in [1.807, 2.05) is 78.9 Å². The number of benzene rings is 5. The molecule has 0 aliphatic heterocycles. The topological polar surface area (TPSA) is 94.9 Å². The Morgan fingerprint density at radius 2 is 1.11 bits per heavy atom. The monoisotopic (exact) mass is 600 g/mol. The summed E-state index contributed by atoms with van der Waals surface area (Å²) in [4.78, 5) is 24.8. The lowest BCUT2D eigenvalue weighted by Gasteiger charge is -2.22. The molecule has 0 bridgehead atoms. The Morgan fingerprint density at radius 1 is 0.659 bits per heavy atom. The molecular weight excluding hydrogens is 563 g/mol. The van der Waals surface area contributed by atoms with Crippen LogP contribution in [0.1, 0.15) is 30.5 Å². The fourth-order valence-electron chi connectivity index (χ4n) is 4.25. The van der Waals surface area contributed by atoms with E-state index in [0.29, 0.717) is 19.5 Å². The number of carbonyl (C=O) groups excluding carboxylic acids is 2. The van der Waals surface area contributed by atoms with Gasteiger partial charge < -0.3 is 5.32 Å². The molecule has 0 aromatic heterocycles. The fraction of sp³-hybridized carbons (Fsp3) is 0.135. The number of nitrogens with zero attached hydrogens (tertiary/aromatic N) is 3. The predicted molar refractivity (Wildman–Crippen MR) is 183 cm³/mol. The highest BCUT2D eigenvalue weighted by Crippen LogP contribution is 2.34. The van der Waals surface area contributed by atoms with Gasteiger partial charge in [0.25, 0.3) is 0 Å². The highest BCUT2D eigenvalue weighted by atomic mass is 31.1. The van der Waals surface area contributed by atoms with Gasteiger partial charge in [-0.25, -0.2) is 0 Å². The average molecular weight is 601 g/mol. The molecule has 6 nitrogen and oxygen atoms in total. The van der Waals surface area contributed by atoms with Crippen LogP contribution < -0.4 is 21.2 Å². The number of hydrogen-bond acceptors (Lipinski definition) is 3. The summed E-state index contributed by atoms with van der Waals surface area (Å²) in [6.45, 7) is 4.24. The van der Waals surface area contributed by atoms with Crippen LogP contribution in [0, 0.1) is 0 Å². The zero-order chi connectivity index (χ0) is 31.4. The predicted octanol–water partition coefficient (Wildman–Crippen LogP) is 7.40. The van der Waals surface area contributed by atoms with Crippen molar-refractivity contribution < 1.29 is 9.59 Å². The summed E-state index contributed by atoms with van der Waals surface area (Å²) in [5, 5.41) is 10.0. The number of carbonyl (C=O) groups is 2. The molecule has 0 saturated heterocycles. The minimum atomic E-state index is -0.650. The Morgan fingerprint density at radius 3 is 1.59 bits per heavy atom. The molecule has 1 amide bonds. The Balaban J connectivity index is 0.000000209. The summed E-state index contributed by atoms with van der Waals surface area (Å²) >= 11 is 0. The lowest BCUT2D eigenvalue weighted by atomic mass is 10.1. The molecule has 0 atom stereocenters. The third-order valence-electron chi connectivity index (χ3n) is 6.24. The summed E-state index contributed by atoms with van der Waals surface area (Å²) in [7, 11) is -0.650. The van der Waals surface area contributed by atoms with E-state index in [2.05, 4.69) is 82.1 Å². The first-order valence-corrected chi connectivity index (χ1v) is 15.6. The zero-order valence-corrected chi connectivity index (χ0v) is 26.0. The molecule has 0 spiro atoms. The third kappa shape index (κ3) is 12.1. The summed E-state index contributed by atoms with van der Waals surface area (Å²) in [5.41, 5.74) is 11.3.